The third-order valence-electron chi connectivity index (χ3n) is 6.18. The summed E-state index contributed by atoms with van der Waals surface area (Å²) in [5, 5.41) is 11.2. The van der Waals surface area contributed by atoms with Crippen molar-refractivity contribution in [3.63, 3.8) is 0 Å². The van der Waals surface area contributed by atoms with E-state index in [-0.39, 0.29) is 45.8 Å². The number of nitrogens with two attached hydrogens (primary N) is 1. The monoisotopic (exact) mass is 512 g/mol. The van der Waals surface area contributed by atoms with Crippen LogP contribution in [0.5, 0.6) is 5.75 Å². The molecule has 2 aliphatic rings. The molecule has 2 aromatic carbocycles. The van der Waals surface area contributed by atoms with Crippen molar-refractivity contribution >= 4 is 61.4 Å². The van der Waals surface area contributed by atoms with Crippen LogP contribution < -0.4 is 10.5 Å². The number of hydrogen-bond donors (Lipinski definition) is 1. The summed E-state index contributed by atoms with van der Waals surface area (Å²) in [5.74, 6) is -0.205. The topological polar surface area (TPSA) is 99.7 Å². The van der Waals surface area contributed by atoms with Crippen molar-refractivity contribution in [1.29, 1.82) is 5.26 Å². The van der Waals surface area contributed by atoms with Gasteiger partial charge in [0.25, 0.3) is 5.91 Å². The summed E-state index contributed by atoms with van der Waals surface area (Å²) in [5.41, 5.74) is 7.80. The number of thiophene rings is 1. The zero-order valence-electron chi connectivity index (χ0n) is 17.8. The van der Waals surface area contributed by atoms with E-state index in [0.29, 0.717) is 46.7 Å². The lowest BCUT2D eigenvalue weighted by atomic mass is 9.97. The SMILES string of the molecule is C=CC(=O)N1CCN2C(=O)c3cc(Cl)c(-c4cccc5sc(N)c(C#N)c45)c(Cl)c3OC[C@H]2C1. The first-order valence-corrected chi connectivity index (χ1v) is 12.0. The molecular weight excluding hydrogens is 495 g/mol. The van der Waals surface area contributed by atoms with Gasteiger partial charge in [-0.2, -0.15) is 5.26 Å². The number of carbonyl (C=O) groups is 2. The van der Waals surface area contributed by atoms with E-state index in [1.165, 1.54) is 17.4 Å². The first kappa shape index (κ1) is 22.5. The number of nitriles is 1. The van der Waals surface area contributed by atoms with Crippen molar-refractivity contribution in [3.8, 4) is 22.9 Å². The van der Waals surface area contributed by atoms with Gasteiger partial charge in [-0.3, -0.25) is 9.59 Å². The molecule has 0 saturated carbocycles. The molecule has 1 fully saturated rings. The van der Waals surface area contributed by atoms with E-state index in [1.54, 1.807) is 15.9 Å². The molecule has 0 bridgehead atoms. The number of halogens is 2. The third-order valence-corrected chi connectivity index (χ3v) is 7.82. The molecule has 5 rings (SSSR count). The molecule has 1 atom stereocenters. The van der Waals surface area contributed by atoms with Crippen LogP contribution in [0.2, 0.25) is 10.0 Å². The van der Waals surface area contributed by atoms with Crippen LogP contribution in [0.4, 0.5) is 5.00 Å². The quantitative estimate of drug-likeness (QED) is 0.507. The minimum absolute atomic E-state index is 0.166. The van der Waals surface area contributed by atoms with Gasteiger partial charge in [-0.25, -0.2) is 0 Å². The van der Waals surface area contributed by atoms with E-state index in [9.17, 15) is 14.9 Å². The Morgan fingerprint density at radius 2 is 2.12 bits per heavy atom. The van der Waals surface area contributed by atoms with Gasteiger partial charge >= 0.3 is 0 Å². The van der Waals surface area contributed by atoms with Gasteiger partial charge in [0, 0.05) is 35.3 Å². The molecule has 2 aliphatic heterocycles. The summed E-state index contributed by atoms with van der Waals surface area (Å²) in [4.78, 5) is 28.9. The Bertz CT molecular complexity index is 1430. The number of benzene rings is 2. The zero-order chi connectivity index (χ0) is 24.1. The predicted molar refractivity (Wildman–Crippen MR) is 134 cm³/mol. The molecule has 1 aromatic heterocycles. The van der Waals surface area contributed by atoms with E-state index >= 15 is 0 Å². The standard InChI is InChI=1S/C24H18Cl2N4O3S/c1-2-18(31)29-6-7-30-12(10-29)11-33-22-14(24(30)32)8-16(25)20(21(22)26)13-4-3-5-17-19(13)15(9-27)23(28)34-17/h2-5,8,12H,1,6-7,10-11,28H2/t12-/m1/s1. The normalized spacial score (nSPS) is 17.4. The maximum Gasteiger partial charge on any atom is 0.258 e. The fraction of sp³-hybridized carbons (Fsp3) is 0.208. The minimum Gasteiger partial charge on any atom is -0.489 e. The van der Waals surface area contributed by atoms with Crippen LogP contribution in [0.15, 0.2) is 36.9 Å². The largest absolute Gasteiger partial charge is 0.489 e. The second-order valence-corrected chi connectivity index (χ2v) is 9.88. The Morgan fingerprint density at radius 1 is 1.32 bits per heavy atom. The fourth-order valence-corrected chi connectivity index (χ4v) is 6.22. The van der Waals surface area contributed by atoms with Gasteiger partial charge in [0.2, 0.25) is 5.91 Å². The first-order valence-electron chi connectivity index (χ1n) is 10.4. The second-order valence-electron chi connectivity index (χ2n) is 8.01. The van der Waals surface area contributed by atoms with E-state index in [1.807, 2.05) is 18.2 Å². The molecule has 3 aromatic rings. The third kappa shape index (κ3) is 3.40. The smallest absolute Gasteiger partial charge is 0.258 e. The molecule has 3 heterocycles. The highest BCUT2D eigenvalue weighted by molar-refractivity contribution is 7.23. The average Bonchev–Trinajstić information content (AvgIpc) is 3.10. The molecule has 0 aliphatic carbocycles. The number of ether oxygens (including phenoxy) is 1. The number of amides is 2. The zero-order valence-corrected chi connectivity index (χ0v) is 20.1. The van der Waals surface area contributed by atoms with Gasteiger partial charge in [-0.15, -0.1) is 11.3 Å². The van der Waals surface area contributed by atoms with Gasteiger partial charge in [0.1, 0.15) is 17.7 Å². The number of anilines is 1. The maximum atomic E-state index is 13.4. The summed E-state index contributed by atoms with van der Waals surface area (Å²) in [6, 6.07) is 8.92. The lowest BCUT2D eigenvalue weighted by Crippen LogP contribution is -2.57. The molecule has 34 heavy (non-hydrogen) atoms. The van der Waals surface area contributed by atoms with Crippen molar-refractivity contribution in [2.24, 2.45) is 0 Å². The second kappa shape index (κ2) is 8.51. The van der Waals surface area contributed by atoms with Crippen LogP contribution in [0.25, 0.3) is 21.2 Å². The summed E-state index contributed by atoms with van der Waals surface area (Å²) in [6.07, 6.45) is 1.26. The van der Waals surface area contributed by atoms with Crippen molar-refractivity contribution < 1.29 is 14.3 Å². The van der Waals surface area contributed by atoms with Gasteiger partial charge in [-0.1, -0.05) is 41.9 Å². The number of hydrogen-bond acceptors (Lipinski definition) is 6. The lowest BCUT2D eigenvalue weighted by molar-refractivity contribution is -0.128. The first-order chi connectivity index (χ1) is 16.3. The highest BCUT2D eigenvalue weighted by atomic mass is 35.5. The summed E-state index contributed by atoms with van der Waals surface area (Å²) < 4.78 is 6.90. The van der Waals surface area contributed by atoms with Crippen molar-refractivity contribution in [1.82, 2.24) is 9.80 Å². The number of nitrogen functional groups attached to an aromatic ring is 1. The van der Waals surface area contributed by atoms with Crippen LogP contribution in [0.3, 0.4) is 0 Å². The van der Waals surface area contributed by atoms with Crippen LogP contribution >= 0.6 is 34.5 Å². The van der Waals surface area contributed by atoms with Crippen LogP contribution in [0, 0.1) is 11.3 Å². The number of rotatable bonds is 2. The van der Waals surface area contributed by atoms with Gasteiger partial charge in [-0.05, 0) is 23.8 Å². The Hall–Kier alpha value is -3.25. The van der Waals surface area contributed by atoms with Gasteiger partial charge in [0.05, 0.1) is 27.2 Å². The highest BCUT2D eigenvalue weighted by Crippen LogP contribution is 2.48. The molecular formula is C24H18Cl2N4O3S. The minimum atomic E-state index is -0.332. The van der Waals surface area contributed by atoms with Crippen LogP contribution in [0.1, 0.15) is 15.9 Å². The molecule has 2 amide bonds. The number of nitrogens with zero attached hydrogens (tertiary/aromatic N) is 3. The molecule has 2 N–H and O–H groups in total. The Kier molecular flexibility index (Phi) is 5.64. The molecule has 0 spiro atoms. The highest BCUT2D eigenvalue weighted by Gasteiger charge is 2.38. The van der Waals surface area contributed by atoms with Crippen molar-refractivity contribution in [2.45, 2.75) is 6.04 Å². The van der Waals surface area contributed by atoms with Crippen LogP contribution in [-0.4, -0.2) is 53.9 Å². The molecule has 10 heteroatoms. The van der Waals surface area contributed by atoms with Gasteiger partial charge < -0.3 is 20.3 Å². The van der Waals surface area contributed by atoms with E-state index in [2.05, 4.69) is 12.6 Å². The van der Waals surface area contributed by atoms with E-state index in [4.69, 9.17) is 33.7 Å². The molecule has 0 unspecified atom stereocenters. The van der Waals surface area contributed by atoms with Gasteiger partial charge in [0.15, 0.2) is 5.75 Å². The Balaban J connectivity index is 1.63. The number of piperazine rings is 1. The molecule has 0 radical (unpaired) electrons. The van der Waals surface area contributed by atoms with E-state index < -0.39 is 0 Å². The van der Waals surface area contributed by atoms with Crippen molar-refractivity contribution in [2.75, 3.05) is 32.0 Å². The summed E-state index contributed by atoms with van der Waals surface area (Å²) in [7, 11) is 0. The number of carbonyl (C=O) groups excluding carboxylic acids is 2. The fourth-order valence-electron chi connectivity index (χ4n) is 4.56. The molecule has 7 nitrogen and oxygen atoms in total. The number of fused-ring (bicyclic) bond motifs is 3. The average molecular weight is 513 g/mol. The summed E-state index contributed by atoms with van der Waals surface area (Å²) >= 11 is 14.8. The van der Waals surface area contributed by atoms with Crippen LogP contribution in [-0.2, 0) is 4.79 Å². The summed E-state index contributed by atoms with van der Waals surface area (Å²) in [6.45, 7) is 4.81. The maximum absolute atomic E-state index is 13.4. The Labute approximate surface area is 209 Å². The van der Waals surface area contributed by atoms with E-state index in [0.717, 1.165) is 4.70 Å². The molecule has 1 saturated heterocycles. The van der Waals surface area contributed by atoms with Crippen molar-refractivity contribution in [3.05, 3.63) is 58.1 Å². The predicted octanol–water partition coefficient (Wildman–Crippen LogP) is 4.56. The molecule has 172 valence electrons. The lowest BCUT2D eigenvalue weighted by Gasteiger charge is -2.39. The Morgan fingerprint density at radius 3 is 2.85 bits per heavy atom.